The molecule has 1 aliphatic heterocycles. The van der Waals surface area contributed by atoms with Gasteiger partial charge in [-0.25, -0.2) is 4.39 Å². The second-order valence-electron chi connectivity index (χ2n) is 6.26. The minimum absolute atomic E-state index is 0.181. The van der Waals surface area contributed by atoms with E-state index in [0.717, 1.165) is 5.56 Å². The number of carbonyl (C=O) groups excluding carboxylic acids is 2. The normalized spacial score (nSPS) is 17.3. The lowest BCUT2D eigenvalue weighted by atomic mass is 10.1. The van der Waals surface area contributed by atoms with Gasteiger partial charge in [0.25, 0.3) is 5.91 Å². The molecule has 3 rings (SSSR count). The van der Waals surface area contributed by atoms with Gasteiger partial charge in [-0.15, -0.1) is 0 Å². The number of nitrogens with zero attached hydrogens (tertiary/aromatic N) is 1. The maximum absolute atomic E-state index is 13.0. The molecule has 3 N–H and O–H groups in total. The number of fused-ring (bicyclic) bond motifs is 1. The molecule has 0 bridgehead atoms. The maximum Gasteiger partial charge on any atom is 0.268 e. The van der Waals surface area contributed by atoms with Crippen LogP contribution in [0.5, 0.6) is 5.75 Å². The van der Waals surface area contributed by atoms with Crippen molar-refractivity contribution in [3.63, 3.8) is 0 Å². The van der Waals surface area contributed by atoms with Crippen molar-refractivity contribution < 1.29 is 18.7 Å². The summed E-state index contributed by atoms with van der Waals surface area (Å²) in [4.78, 5) is 26.3. The molecule has 2 amide bonds. The van der Waals surface area contributed by atoms with Gasteiger partial charge in [-0.05, 0) is 55.8 Å². The van der Waals surface area contributed by atoms with E-state index < -0.39 is 17.8 Å². The van der Waals surface area contributed by atoms with Gasteiger partial charge < -0.3 is 15.8 Å². The van der Waals surface area contributed by atoms with Crippen molar-refractivity contribution in [2.45, 2.75) is 26.0 Å². The predicted octanol–water partition coefficient (Wildman–Crippen LogP) is 2.60. The highest BCUT2D eigenvalue weighted by atomic mass is 19.1. The third-order valence-electron chi connectivity index (χ3n) is 4.15. The van der Waals surface area contributed by atoms with Crippen LogP contribution in [0.2, 0.25) is 0 Å². The lowest BCUT2D eigenvalue weighted by Crippen LogP contribution is -2.47. The highest BCUT2D eigenvalue weighted by molar-refractivity contribution is 6.06. The summed E-state index contributed by atoms with van der Waals surface area (Å²) in [5.41, 5.74) is 7.71. The molecule has 2 aromatic rings. The quantitative estimate of drug-likeness (QED) is 0.881. The predicted molar refractivity (Wildman–Crippen MR) is 96.5 cm³/mol. The number of halogens is 1. The molecule has 2 aromatic carbocycles. The Balaban J connectivity index is 1.84. The van der Waals surface area contributed by atoms with E-state index in [1.807, 2.05) is 13.0 Å². The molecule has 2 atom stereocenters. The van der Waals surface area contributed by atoms with Gasteiger partial charge in [0.15, 0.2) is 6.10 Å². The van der Waals surface area contributed by atoms with E-state index in [4.69, 9.17) is 10.5 Å². The molecule has 1 heterocycles. The Bertz CT molecular complexity index is 836. The molecule has 0 aromatic heterocycles. The van der Waals surface area contributed by atoms with Gasteiger partial charge in [0, 0.05) is 11.7 Å². The van der Waals surface area contributed by atoms with E-state index in [9.17, 15) is 14.0 Å². The van der Waals surface area contributed by atoms with E-state index in [-0.39, 0.29) is 18.5 Å². The van der Waals surface area contributed by atoms with E-state index >= 15 is 0 Å². The summed E-state index contributed by atoms with van der Waals surface area (Å²) < 4.78 is 18.6. The zero-order valence-electron chi connectivity index (χ0n) is 14.5. The van der Waals surface area contributed by atoms with Gasteiger partial charge in [-0.2, -0.15) is 0 Å². The summed E-state index contributed by atoms with van der Waals surface area (Å²) in [5.74, 6) is -0.571. The van der Waals surface area contributed by atoms with Crippen molar-refractivity contribution in [1.82, 2.24) is 0 Å². The molecule has 1 aliphatic rings. The SMILES string of the molecule is CC1Oc2ccc(C(C)N)cc2N(CC(=O)Nc2ccc(F)cc2)C1=O. The number of amides is 2. The van der Waals surface area contributed by atoms with Crippen LogP contribution in [0.3, 0.4) is 0 Å². The Morgan fingerprint density at radius 3 is 2.65 bits per heavy atom. The van der Waals surface area contributed by atoms with Crippen LogP contribution in [0.1, 0.15) is 25.5 Å². The molecular weight excluding hydrogens is 337 g/mol. The number of ether oxygens (including phenoxy) is 1. The Labute approximate surface area is 150 Å². The van der Waals surface area contributed by atoms with Crippen molar-refractivity contribution in [2.24, 2.45) is 5.73 Å². The van der Waals surface area contributed by atoms with Crippen LogP contribution in [-0.2, 0) is 9.59 Å². The topological polar surface area (TPSA) is 84.7 Å². The summed E-state index contributed by atoms with van der Waals surface area (Å²) in [5, 5.41) is 2.66. The molecule has 0 saturated carbocycles. The zero-order chi connectivity index (χ0) is 18.8. The van der Waals surface area contributed by atoms with Gasteiger partial charge in [0.2, 0.25) is 5.91 Å². The van der Waals surface area contributed by atoms with Gasteiger partial charge >= 0.3 is 0 Å². The molecule has 0 saturated heterocycles. The van der Waals surface area contributed by atoms with Gasteiger partial charge in [0.05, 0.1) is 5.69 Å². The summed E-state index contributed by atoms with van der Waals surface area (Å²) in [6.45, 7) is 3.29. The number of benzene rings is 2. The molecule has 2 unspecified atom stereocenters. The minimum atomic E-state index is -0.692. The molecular formula is C19H20FN3O3. The van der Waals surface area contributed by atoms with Crippen LogP contribution >= 0.6 is 0 Å². The molecule has 0 radical (unpaired) electrons. The number of nitrogens with one attached hydrogen (secondary N) is 1. The third-order valence-corrected chi connectivity index (χ3v) is 4.15. The lowest BCUT2D eigenvalue weighted by Gasteiger charge is -2.33. The number of carbonyl (C=O) groups is 2. The Morgan fingerprint density at radius 1 is 1.31 bits per heavy atom. The third kappa shape index (κ3) is 3.67. The van der Waals surface area contributed by atoms with E-state index in [1.54, 1.807) is 19.1 Å². The van der Waals surface area contributed by atoms with Crippen molar-refractivity contribution in [2.75, 3.05) is 16.8 Å². The van der Waals surface area contributed by atoms with Gasteiger partial charge in [-0.3, -0.25) is 14.5 Å². The highest BCUT2D eigenvalue weighted by Gasteiger charge is 2.33. The smallest absolute Gasteiger partial charge is 0.268 e. The first-order valence-corrected chi connectivity index (χ1v) is 8.28. The largest absolute Gasteiger partial charge is 0.479 e. The number of nitrogens with two attached hydrogens (primary N) is 1. The van der Waals surface area contributed by atoms with Crippen LogP contribution in [0, 0.1) is 5.82 Å². The monoisotopic (exact) mass is 357 g/mol. The van der Waals surface area contributed by atoms with Crippen molar-refractivity contribution >= 4 is 23.2 Å². The first kappa shape index (κ1) is 17.9. The number of anilines is 2. The molecule has 7 heteroatoms. The second-order valence-corrected chi connectivity index (χ2v) is 6.26. The van der Waals surface area contributed by atoms with Crippen molar-refractivity contribution in [3.05, 3.63) is 53.8 Å². The molecule has 0 fully saturated rings. The number of hydrogen-bond acceptors (Lipinski definition) is 4. The van der Waals surface area contributed by atoms with Crippen molar-refractivity contribution in [1.29, 1.82) is 0 Å². The lowest BCUT2D eigenvalue weighted by molar-refractivity contribution is -0.127. The van der Waals surface area contributed by atoms with Crippen LogP contribution in [0.15, 0.2) is 42.5 Å². The van der Waals surface area contributed by atoms with E-state index in [2.05, 4.69) is 5.32 Å². The van der Waals surface area contributed by atoms with E-state index in [0.29, 0.717) is 17.1 Å². The Hall–Kier alpha value is -2.93. The zero-order valence-corrected chi connectivity index (χ0v) is 14.5. The maximum atomic E-state index is 13.0. The van der Waals surface area contributed by atoms with Crippen LogP contribution in [-0.4, -0.2) is 24.5 Å². The fourth-order valence-electron chi connectivity index (χ4n) is 2.75. The second kappa shape index (κ2) is 7.13. The number of rotatable bonds is 4. The average Bonchev–Trinajstić information content (AvgIpc) is 2.60. The molecule has 26 heavy (non-hydrogen) atoms. The summed E-state index contributed by atoms with van der Waals surface area (Å²) in [7, 11) is 0. The first-order chi connectivity index (χ1) is 12.3. The molecule has 6 nitrogen and oxygen atoms in total. The summed E-state index contributed by atoms with van der Waals surface area (Å²) >= 11 is 0. The Morgan fingerprint density at radius 2 is 2.00 bits per heavy atom. The molecule has 136 valence electrons. The minimum Gasteiger partial charge on any atom is -0.479 e. The summed E-state index contributed by atoms with van der Waals surface area (Å²) in [6, 6.07) is 10.5. The van der Waals surface area contributed by atoms with E-state index in [1.165, 1.54) is 29.2 Å². The molecule has 0 spiro atoms. The van der Waals surface area contributed by atoms with Crippen LogP contribution < -0.4 is 20.7 Å². The van der Waals surface area contributed by atoms with Crippen LogP contribution in [0.25, 0.3) is 0 Å². The van der Waals surface area contributed by atoms with Crippen molar-refractivity contribution in [3.8, 4) is 5.75 Å². The fraction of sp³-hybridized carbons (Fsp3) is 0.263. The first-order valence-electron chi connectivity index (χ1n) is 8.28. The summed E-state index contributed by atoms with van der Waals surface area (Å²) in [6.07, 6.45) is -0.692. The highest BCUT2D eigenvalue weighted by Crippen LogP contribution is 2.35. The Kier molecular flexibility index (Phi) is 4.90. The fourth-order valence-corrected chi connectivity index (χ4v) is 2.75. The average molecular weight is 357 g/mol. The van der Waals surface area contributed by atoms with Gasteiger partial charge in [-0.1, -0.05) is 6.07 Å². The standard InChI is InChI=1S/C19H20FN3O3/c1-11(21)13-3-8-17-16(9-13)23(19(25)12(2)26-17)10-18(24)22-15-6-4-14(20)5-7-15/h3-9,11-12H,10,21H2,1-2H3,(H,22,24). The number of hydrogen-bond donors (Lipinski definition) is 2. The van der Waals surface area contributed by atoms with Gasteiger partial charge in [0.1, 0.15) is 18.1 Å². The molecule has 0 aliphatic carbocycles. The van der Waals surface area contributed by atoms with Crippen LogP contribution in [0.4, 0.5) is 15.8 Å².